The Labute approximate surface area is 113 Å². The summed E-state index contributed by atoms with van der Waals surface area (Å²) in [5, 5.41) is 6.13. The maximum atomic E-state index is 13.1. The van der Waals surface area contributed by atoms with E-state index in [-0.39, 0.29) is 16.2 Å². The Morgan fingerprint density at radius 1 is 1.47 bits per heavy atom. The van der Waals surface area contributed by atoms with Crippen molar-refractivity contribution in [2.45, 2.75) is 6.92 Å². The Morgan fingerprint density at radius 2 is 2.21 bits per heavy atom. The predicted octanol–water partition coefficient (Wildman–Crippen LogP) is 2.01. The smallest absolute Gasteiger partial charge is 0.277 e. The Morgan fingerprint density at radius 3 is 2.79 bits per heavy atom. The number of carbonyl (C=O) groups is 1. The van der Waals surface area contributed by atoms with Crippen molar-refractivity contribution in [1.29, 1.82) is 0 Å². The number of aromatic nitrogens is 1. The number of aryl methyl sites for hydroxylation is 1. The molecule has 1 amide bonds. The number of benzene rings is 1. The van der Waals surface area contributed by atoms with Crippen LogP contribution in [0.1, 0.15) is 21.8 Å². The predicted molar refractivity (Wildman–Crippen MR) is 71.5 cm³/mol. The molecule has 98 valence electrons. The van der Waals surface area contributed by atoms with Crippen molar-refractivity contribution in [1.82, 2.24) is 5.16 Å². The maximum absolute atomic E-state index is 13.1. The first kappa shape index (κ1) is 13.2. The zero-order valence-electron chi connectivity index (χ0n) is 9.94. The topological polar surface area (TPSA) is 81.2 Å². The molecule has 0 atom stereocenters. The normalized spacial score (nSPS) is 10.2. The molecule has 1 aromatic carbocycles. The van der Waals surface area contributed by atoms with Crippen molar-refractivity contribution in [2.75, 3.05) is 5.32 Å². The Bertz CT molecular complexity index is 654. The number of anilines is 1. The number of nitrogens with two attached hydrogens (primary N) is 1. The van der Waals surface area contributed by atoms with E-state index in [0.717, 1.165) is 6.07 Å². The molecule has 5 nitrogen and oxygen atoms in total. The molecule has 1 heterocycles. The molecule has 2 aromatic rings. The van der Waals surface area contributed by atoms with Crippen molar-refractivity contribution in [3.05, 3.63) is 47.1 Å². The number of rotatable bonds is 3. The fourth-order valence-corrected chi connectivity index (χ4v) is 1.66. The maximum Gasteiger partial charge on any atom is 0.277 e. The molecule has 19 heavy (non-hydrogen) atoms. The van der Waals surface area contributed by atoms with Gasteiger partial charge in [-0.25, -0.2) is 4.39 Å². The molecule has 0 saturated carbocycles. The first-order valence-corrected chi connectivity index (χ1v) is 5.72. The number of halogens is 1. The monoisotopic (exact) mass is 279 g/mol. The van der Waals surface area contributed by atoms with E-state index in [0.29, 0.717) is 11.4 Å². The third-order valence-corrected chi connectivity index (χ3v) is 2.58. The summed E-state index contributed by atoms with van der Waals surface area (Å²) in [6.45, 7) is 1.67. The van der Waals surface area contributed by atoms with Gasteiger partial charge in [-0.05, 0) is 25.1 Å². The second-order valence-electron chi connectivity index (χ2n) is 3.83. The first-order chi connectivity index (χ1) is 8.97. The molecule has 3 N–H and O–H groups in total. The van der Waals surface area contributed by atoms with Gasteiger partial charge in [0.25, 0.3) is 5.91 Å². The first-order valence-electron chi connectivity index (χ1n) is 5.31. The lowest BCUT2D eigenvalue weighted by atomic mass is 10.1. The molecular weight excluding hydrogens is 269 g/mol. The van der Waals surface area contributed by atoms with E-state index < -0.39 is 11.7 Å². The molecule has 0 bridgehead atoms. The summed E-state index contributed by atoms with van der Waals surface area (Å²) in [5.74, 6) is -0.460. The van der Waals surface area contributed by atoms with Crippen molar-refractivity contribution < 1.29 is 13.7 Å². The summed E-state index contributed by atoms with van der Waals surface area (Å²) in [5.41, 5.74) is 6.17. The number of hydrogen-bond donors (Lipinski definition) is 2. The lowest BCUT2D eigenvalue weighted by Crippen LogP contribution is -2.18. The molecule has 0 aliphatic heterocycles. The van der Waals surface area contributed by atoms with Crippen LogP contribution >= 0.6 is 12.2 Å². The van der Waals surface area contributed by atoms with Gasteiger partial charge in [-0.1, -0.05) is 17.4 Å². The van der Waals surface area contributed by atoms with Gasteiger partial charge in [-0.3, -0.25) is 4.79 Å². The summed E-state index contributed by atoms with van der Waals surface area (Å²) in [7, 11) is 0. The van der Waals surface area contributed by atoms with E-state index in [2.05, 4.69) is 10.5 Å². The molecule has 0 aliphatic rings. The number of thiocarbonyl (C=S) groups is 1. The average molecular weight is 279 g/mol. The summed E-state index contributed by atoms with van der Waals surface area (Å²) in [6.07, 6.45) is 0. The Balaban J connectivity index is 2.28. The van der Waals surface area contributed by atoms with Crippen LogP contribution in [0.25, 0.3) is 0 Å². The molecule has 7 heteroatoms. The average Bonchev–Trinajstić information content (AvgIpc) is 2.78. The van der Waals surface area contributed by atoms with Crippen molar-refractivity contribution in [3.8, 4) is 0 Å². The van der Waals surface area contributed by atoms with Gasteiger partial charge in [0, 0.05) is 11.6 Å². The van der Waals surface area contributed by atoms with Crippen LogP contribution < -0.4 is 11.1 Å². The minimum atomic E-state index is -0.488. The van der Waals surface area contributed by atoms with Crippen LogP contribution in [0.4, 0.5) is 10.1 Å². The van der Waals surface area contributed by atoms with Gasteiger partial charge >= 0.3 is 0 Å². The highest BCUT2D eigenvalue weighted by Crippen LogP contribution is 2.18. The number of nitrogens with one attached hydrogen (secondary N) is 1. The number of hydrogen-bond acceptors (Lipinski definition) is 4. The van der Waals surface area contributed by atoms with Crippen molar-refractivity contribution in [3.63, 3.8) is 0 Å². The molecule has 0 unspecified atom stereocenters. The largest absolute Gasteiger partial charge is 0.389 e. The molecule has 1 aromatic heterocycles. The van der Waals surface area contributed by atoms with E-state index in [1.165, 1.54) is 18.2 Å². The fourth-order valence-electron chi connectivity index (χ4n) is 1.49. The summed E-state index contributed by atoms with van der Waals surface area (Å²) >= 11 is 4.81. The molecule has 0 radical (unpaired) electrons. The van der Waals surface area contributed by atoms with Gasteiger partial charge in [0.15, 0.2) is 5.69 Å². The number of carbonyl (C=O) groups excluding carboxylic acids is 1. The zero-order valence-corrected chi connectivity index (χ0v) is 10.8. The minimum Gasteiger partial charge on any atom is -0.389 e. The van der Waals surface area contributed by atoms with Crippen LogP contribution in [0.15, 0.2) is 28.8 Å². The zero-order chi connectivity index (χ0) is 14.0. The van der Waals surface area contributed by atoms with Crippen LogP contribution in [0, 0.1) is 12.7 Å². The summed E-state index contributed by atoms with van der Waals surface area (Å²) in [6, 6.07) is 5.23. The van der Waals surface area contributed by atoms with Gasteiger partial charge in [-0.15, -0.1) is 0 Å². The third-order valence-electron chi connectivity index (χ3n) is 2.36. The minimum absolute atomic E-state index is 0.00821. The van der Waals surface area contributed by atoms with Gasteiger partial charge in [0.1, 0.15) is 16.6 Å². The lowest BCUT2D eigenvalue weighted by molar-refractivity contribution is 0.101. The fraction of sp³-hybridized carbons (Fsp3) is 0.0833. The standard InChI is InChI=1S/C12H10FN3O2S/c1-6-4-10(16-18-6)12(17)15-9-3-2-7(13)5-8(9)11(14)19/h2-5H,1H3,(H2,14,19)(H,15,17). The second kappa shape index (κ2) is 5.15. The SMILES string of the molecule is Cc1cc(C(=O)Nc2ccc(F)cc2C(N)=S)no1. The highest BCUT2D eigenvalue weighted by atomic mass is 32.1. The molecular formula is C12H10FN3O2S. The highest BCUT2D eigenvalue weighted by molar-refractivity contribution is 7.80. The van der Waals surface area contributed by atoms with E-state index >= 15 is 0 Å². The molecule has 0 aliphatic carbocycles. The molecule has 0 fully saturated rings. The molecule has 0 spiro atoms. The van der Waals surface area contributed by atoms with Crippen LogP contribution in [0.2, 0.25) is 0 Å². The van der Waals surface area contributed by atoms with Crippen LogP contribution in [-0.2, 0) is 0 Å². The number of amides is 1. The van der Waals surface area contributed by atoms with Gasteiger partial charge in [-0.2, -0.15) is 0 Å². The molecule has 0 saturated heterocycles. The summed E-state index contributed by atoms with van der Waals surface area (Å²) < 4.78 is 17.9. The van der Waals surface area contributed by atoms with Gasteiger partial charge in [0.2, 0.25) is 0 Å². The molecule has 2 rings (SSSR count). The van der Waals surface area contributed by atoms with Crippen molar-refractivity contribution >= 4 is 28.8 Å². The Hall–Kier alpha value is -2.28. The quantitative estimate of drug-likeness (QED) is 0.840. The van der Waals surface area contributed by atoms with E-state index in [1.807, 2.05) is 0 Å². The Kier molecular flexibility index (Phi) is 3.57. The third kappa shape index (κ3) is 2.94. The number of nitrogens with zero attached hydrogens (tertiary/aromatic N) is 1. The van der Waals surface area contributed by atoms with Gasteiger partial charge in [0.05, 0.1) is 5.69 Å². The van der Waals surface area contributed by atoms with Crippen molar-refractivity contribution in [2.24, 2.45) is 5.73 Å². The van der Waals surface area contributed by atoms with Gasteiger partial charge < -0.3 is 15.6 Å². The van der Waals surface area contributed by atoms with E-state index in [4.69, 9.17) is 22.5 Å². The van der Waals surface area contributed by atoms with E-state index in [1.54, 1.807) is 6.92 Å². The van der Waals surface area contributed by atoms with E-state index in [9.17, 15) is 9.18 Å². The highest BCUT2D eigenvalue weighted by Gasteiger charge is 2.14. The second-order valence-corrected chi connectivity index (χ2v) is 4.27. The van der Waals surface area contributed by atoms with Crippen LogP contribution in [0.5, 0.6) is 0 Å². The van der Waals surface area contributed by atoms with Crippen LogP contribution in [-0.4, -0.2) is 16.1 Å². The lowest BCUT2D eigenvalue weighted by Gasteiger charge is -2.08. The summed E-state index contributed by atoms with van der Waals surface area (Å²) in [4.78, 5) is 11.9. The van der Waals surface area contributed by atoms with Crippen LogP contribution in [0.3, 0.4) is 0 Å².